The Morgan fingerprint density at radius 2 is 1.87 bits per heavy atom. The van der Waals surface area contributed by atoms with E-state index in [4.69, 9.17) is 5.73 Å². The molecule has 2 rings (SSSR count). The molecule has 0 aliphatic carbocycles. The number of carbonyl (C=O) groups excluding carboxylic acids is 1. The van der Waals surface area contributed by atoms with Crippen LogP contribution in [0.2, 0.25) is 0 Å². The minimum Gasteiger partial charge on any atom is -0.369 e. The summed E-state index contributed by atoms with van der Waals surface area (Å²) >= 11 is 1.34. The number of primary amides is 1. The minimum atomic E-state index is -0.350. The first-order valence-corrected chi connectivity index (χ1v) is 8.62. The Labute approximate surface area is 141 Å². The van der Waals surface area contributed by atoms with Gasteiger partial charge in [0.15, 0.2) is 11.0 Å². The zero-order valence-corrected chi connectivity index (χ0v) is 15.1. The first-order chi connectivity index (χ1) is 10.7. The summed E-state index contributed by atoms with van der Waals surface area (Å²) in [6, 6.07) is 8.40. The third-order valence-electron chi connectivity index (χ3n) is 3.73. The average molecular weight is 332 g/mol. The molecule has 1 aromatic heterocycles. The van der Waals surface area contributed by atoms with Gasteiger partial charge in [-0.15, -0.1) is 10.2 Å². The molecule has 0 aliphatic heterocycles. The summed E-state index contributed by atoms with van der Waals surface area (Å²) in [5, 5.41) is 8.91. The van der Waals surface area contributed by atoms with Crippen molar-refractivity contribution in [1.82, 2.24) is 14.8 Å². The van der Waals surface area contributed by atoms with Crippen LogP contribution in [0.25, 0.3) is 11.4 Å². The smallest absolute Gasteiger partial charge is 0.230 e. The standard InChI is InChI=1S/C17H24N4OS/c1-6-21-15(19-20-16(21)23-11(2)14(18)22)12-7-9-13(10-8-12)17(3,4)5/h7-11H,6H2,1-5H3,(H2,18,22)/t11-/m1/s1. The van der Waals surface area contributed by atoms with E-state index in [1.54, 1.807) is 6.92 Å². The largest absolute Gasteiger partial charge is 0.369 e. The molecule has 1 amide bonds. The minimum absolute atomic E-state index is 0.120. The molecule has 0 unspecified atom stereocenters. The number of carbonyl (C=O) groups is 1. The third-order valence-corrected chi connectivity index (χ3v) is 4.82. The lowest BCUT2D eigenvalue weighted by molar-refractivity contribution is -0.117. The van der Waals surface area contributed by atoms with E-state index >= 15 is 0 Å². The number of nitrogens with two attached hydrogens (primary N) is 1. The van der Waals surface area contributed by atoms with E-state index in [1.807, 2.05) is 11.5 Å². The van der Waals surface area contributed by atoms with Crippen LogP contribution in [0.3, 0.4) is 0 Å². The number of aromatic nitrogens is 3. The van der Waals surface area contributed by atoms with E-state index in [2.05, 4.69) is 55.2 Å². The van der Waals surface area contributed by atoms with E-state index < -0.39 is 0 Å². The fraction of sp³-hybridized carbons (Fsp3) is 0.471. The molecule has 0 fully saturated rings. The monoisotopic (exact) mass is 332 g/mol. The molecule has 23 heavy (non-hydrogen) atoms. The molecule has 2 aromatic rings. The van der Waals surface area contributed by atoms with Crippen molar-refractivity contribution in [3.8, 4) is 11.4 Å². The Morgan fingerprint density at radius 1 is 1.26 bits per heavy atom. The second-order valence-electron chi connectivity index (χ2n) is 6.54. The lowest BCUT2D eigenvalue weighted by atomic mass is 9.87. The Hall–Kier alpha value is -1.82. The second-order valence-corrected chi connectivity index (χ2v) is 7.85. The van der Waals surface area contributed by atoms with Gasteiger partial charge >= 0.3 is 0 Å². The molecule has 1 atom stereocenters. The van der Waals surface area contributed by atoms with Gasteiger partial charge in [-0.3, -0.25) is 4.79 Å². The zero-order chi connectivity index (χ0) is 17.2. The molecule has 0 radical (unpaired) electrons. The van der Waals surface area contributed by atoms with E-state index in [0.29, 0.717) is 5.16 Å². The summed E-state index contributed by atoms with van der Waals surface area (Å²) in [5.74, 6) is 0.462. The number of nitrogens with zero attached hydrogens (tertiary/aromatic N) is 3. The van der Waals surface area contributed by atoms with Crippen molar-refractivity contribution in [2.24, 2.45) is 5.73 Å². The zero-order valence-electron chi connectivity index (χ0n) is 14.3. The summed E-state index contributed by atoms with van der Waals surface area (Å²) in [6.45, 7) is 11.1. The number of benzene rings is 1. The van der Waals surface area contributed by atoms with Gasteiger partial charge in [-0.05, 0) is 24.8 Å². The molecule has 0 bridgehead atoms. The number of hydrogen-bond donors (Lipinski definition) is 1. The molecule has 6 heteroatoms. The van der Waals surface area contributed by atoms with Gasteiger partial charge in [0, 0.05) is 12.1 Å². The van der Waals surface area contributed by atoms with Gasteiger partial charge in [-0.25, -0.2) is 0 Å². The maximum atomic E-state index is 11.3. The highest BCUT2D eigenvalue weighted by molar-refractivity contribution is 8.00. The summed E-state index contributed by atoms with van der Waals surface area (Å²) < 4.78 is 2.01. The van der Waals surface area contributed by atoms with Crippen molar-refractivity contribution in [3.63, 3.8) is 0 Å². The van der Waals surface area contributed by atoms with E-state index in [-0.39, 0.29) is 16.6 Å². The second kappa shape index (κ2) is 6.74. The lowest BCUT2D eigenvalue weighted by Crippen LogP contribution is -2.23. The van der Waals surface area contributed by atoms with Crippen LogP contribution in [0.1, 0.15) is 40.2 Å². The highest BCUT2D eigenvalue weighted by Gasteiger charge is 2.19. The summed E-state index contributed by atoms with van der Waals surface area (Å²) in [7, 11) is 0. The molecule has 0 spiro atoms. The maximum absolute atomic E-state index is 11.3. The SMILES string of the molecule is CCn1c(S[C@H](C)C(N)=O)nnc1-c1ccc(C(C)(C)C)cc1. The van der Waals surface area contributed by atoms with Crippen LogP contribution in [0.15, 0.2) is 29.4 Å². The summed E-state index contributed by atoms with van der Waals surface area (Å²) in [6.07, 6.45) is 0. The van der Waals surface area contributed by atoms with Crippen LogP contribution < -0.4 is 5.73 Å². The van der Waals surface area contributed by atoms with Crippen LogP contribution in [0.5, 0.6) is 0 Å². The summed E-state index contributed by atoms with van der Waals surface area (Å²) in [4.78, 5) is 11.3. The predicted molar refractivity (Wildman–Crippen MR) is 94.3 cm³/mol. The number of thioether (sulfide) groups is 1. The van der Waals surface area contributed by atoms with Crippen molar-refractivity contribution < 1.29 is 4.79 Å². The van der Waals surface area contributed by atoms with Gasteiger partial charge in [-0.1, -0.05) is 56.8 Å². The fourth-order valence-corrected chi connectivity index (χ4v) is 3.07. The van der Waals surface area contributed by atoms with Crippen LogP contribution in [0, 0.1) is 0 Å². The maximum Gasteiger partial charge on any atom is 0.230 e. The number of rotatable bonds is 5. The van der Waals surface area contributed by atoms with Gasteiger partial charge in [0.2, 0.25) is 5.91 Å². The molecule has 0 aliphatic rings. The van der Waals surface area contributed by atoms with Crippen molar-refractivity contribution in [1.29, 1.82) is 0 Å². The highest BCUT2D eigenvalue weighted by Crippen LogP contribution is 2.28. The summed E-state index contributed by atoms with van der Waals surface area (Å²) in [5.41, 5.74) is 7.75. The Kier molecular flexibility index (Phi) is 5.14. The Bertz CT molecular complexity index is 686. The molecule has 0 saturated heterocycles. The molecular weight excluding hydrogens is 308 g/mol. The van der Waals surface area contributed by atoms with Crippen molar-refractivity contribution in [2.45, 2.75) is 57.0 Å². The van der Waals surface area contributed by atoms with Crippen molar-refractivity contribution in [2.75, 3.05) is 0 Å². The third kappa shape index (κ3) is 3.93. The van der Waals surface area contributed by atoms with Crippen molar-refractivity contribution in [3.05, 3.63) is 29.8 Å². The van der Waals surface area contributed by atoms with Gasteiger partial charge in [-0.2, -0.15) is 0 Å². The normalized spacial score (nSPS) is 13.1. The van der Waals surface area contributed by atoms with Gasteiger partial charge in [0.05, 0.1) is 5.25 Å². The van der Waals surface area contributed by atoms with E-state index in [0.717, 1.165) is 17.9 Å². The molecule has 0 saturated carbocycles. The predicted octanol–water partition coefficient (Wildman–Crippen LogP) is 3.23. The first-order valence-electron chi connectivity index (χ1n) is 7.74. The number of hydrogen-bond acceptors (Lipinski definition) is 4. The van der Waals surface area contributed by atoms with Gasteiger partial charge in [0.1, 0.15) is 0 Å². The molecule has 1 heterocycles. The van der Waals surface area contributed by atoms with Gasteiger partial charge < -0.3 is 10.3 Å². The van der Waals surface area contributed by atoms with Crippen LogP contribution >= 0.6 is 11.8 Å². The Balaban J connectivity index is 2.33. The van der Waals surface area contributed by atoms with E-state index in [1.165, 1.54) is 17.3 Å². The highest BCUT2D eigenvalue weighted by atomic mass is 32.2. The number of amides is 1. The molecule has 1 aromatic carbocycles. The molecule has 124 valence electrons. The molecule has 2 N–H and O–H groups in total. The quantitative estimate of drug-likeness (QED) is 0.853. The molecular formula is C17H24N4OS. The lowest BCUT2D eigenvalue weighted by Gasteiger charge is -2.19. The van der Waals surface area contributed by atoms with Crippen molar-refractivity contribution >= 4 is 17.7 Å². The van der Waals surface area contributed by atoms with E-state index in [9.17, 15) is 4.79 Å². The van der Waals surface area contributed by atoms with Crippen LogP contribution in [0.4, 0.5) is 0 Å². The van der Waals surface area contributed by atoms with Crippen LogP contribution in [-0.4, -0.2) is 25.9 Å². The first kappa shape index (κ1) is 17.5. The average Bonchev–Trinajstić information content (AvgIpc) is 2.89. The van der Waals surface area contributed by atoms with Crippen LogP contribution in [-0.2, 0) is 16.8 Å². The molecule has 5 nitrogen and oxygen atoms in total. The Morgan fingerprint density at radius 3 is 2.35 bits per heavy atom. The van der Waals surface area contributed by atoms with Gasteiger partial charge in [0.25, 0.3) is 0 Å². The fourth-order valence-electron chi connectivity index (χ4n) is 2.21. The topological polar surface area (TPSA) is 73.8 Å².